The van der Waals surface area contributed by atoms with Crippen molar-refractivity contribution in [2.75, 3.05) is 11.9 Å². The molecular formula is C12H17NO2. The van der Waals surface area contributed by atoms with Crippen molar-refractivity contribution in [3.05, 3.63) is 29.8 Å². The van der Waals surface area contributed by atoms with Gasteiger partial charge in [-0.2, -0.15) is 0 Å². The Bertz CT molecular complexity index is 315. The third-order valence-corrected chi connectivity index (χ3v) is 2.38. The molecule has 1 aromatic carbocycles. The van der Waals surface area contributed by atoms with E-state index >= 15 is 0 Å². The Balaban J connectivity index is 2.67. The summed E-state index contributed by atoms with van der Waals surface area (Å²) in [5, 5.41) is 12.2. The van der Waals surface area contributed by atoms with E-state index in [0.717, 1.165) is 12.1 Å². The van der Waals surface area contributed by atoms with Crippen molar-refractivity contribution < 1.29 is 9.90 Å². The van der Waals surface area contributed by atoms with Gasteiger partial charge < -0.3 is 10.4 Å². The summed E-state index contributed by atoms with van der Waals surface area (Å²) in [6, 6.07) is 7.36. The fraction of sp³-hybridized carbons (Fsp3) is 0.417. The van der Waals surface area contributed by atoms with Gasteiger partial charge in [0, 0.05) is 17.3 Å². The molecule has 0 aliphatic rings. The van der Waals surface area contributed by atoms with Gasteiger partial charge >= 0.3 is 0 Å². The first-order valence-electron chi connectivity index (χ1n) is 5.15. The van der Waals surface area contributed by atoms with Crippen molar-refractivity contribution in [2.24, 2.45) is 0 Å². The lowest BCUT2D eigenvalue weighted by molar-refractivity contribution is 0.101. The third-order valence-electron chi connectivity index (χ3n) is 2.38. The van der Waals surface area contributed by atoms with Gasteiger partial charge in [0.15, 0.2) is 5.78 Å². The molecule has 15 heavy (non-hydrogen) atoms. The summed E-state index contributed by atoms with van der Waals surface area (Å²) < 4.78 is 0. The maximum absolute atomic E-state index is 11.0. The summed E-state index contributed by atoms with van der Waals surface area (Å²) in [5.41, 5.74) is 1.64. The monoisotopic (exact) mass is 207 g/mol. The van der Waals surface area contributed by atoms with Crippen LogP contribution in [0.25, 0.3) is 0 Å². The third kappa shape index (κ3) is 3.36. The minimum Gasteiger partial charge on any atom is -0.394 e. The number of carbonyl (C=O) groups excluding carboxylic acids is 1. The molecule has 0 unspecified atom stereocenters. The Morgan fingerprint density at radius 1 is 1.40 bits per heavy atom. The van der Waals surface area contributed by atoms with Crippen LogP contribution in [0.3, 0.4) is 0 Å². The molecule has 2 N–H and O–H groups in total. The SMILES string of the molecule is CC[C@H](CO)Nc1ccc(C(C)=O)cc1. The van der Waals surface area contributed by atoms with E-state index in [0.29, 0.717) is 5.56 Å². The zero-order valence-electron chi connectivity index (χ0n) is 9.16. The number of nitrogens with one attached hydrogen (secondary N) is 1. The van der Waals surface area contributed by atoms with Crippen LogP contribution in [0, 0.1) is 0 Å². The van der Waals surface area contributed by atoms with E-state index < -0.39 is 0 Å². The predicted octanol–water partition coefficient (Wildman–Crippen LogP) is 2.07. The maximum Gasteiger partial charge on any atom is 0.159 e. The number of anilines is 1. The maximum atomic E-state index is 11.0. The second kappa shape index (κ2) is 5.51. The van der Waals surface area contributed by atoms with Gasteiger partial charge in [0.25, 0.3) is 0 Å². The van der Waals surface area contributed by atoms with Gasteiger partial charge in [0.1, 0.15) is 0 Å². The molecule has 0 bridgehead atoms. The van der Waals surface area contributed by atoms with Crippen molar-refractivity contribution >= 4 is 11.5 Å². The van der Waals surface area contributed by atoms with Crippen LogP contribution in [0.1, 0.15) is 30.6 Å². The number of aliphatic hydroxyl groups is 1. The summed E-state index contributed by atoms with van der Waals surface area (Å²) in [5.74, 6) is 0.0655. The molecule has 0 heterocycles. The lowest BCUT2D eigenvalue weighted by Gasteiger charge is -2.15. The molecule has 1 aromatic rings. The first-order valence-corrected chi connectivity index (χ1v) is 5.15. The summed E-state index contributed by atoms with van der Waals surface area (Å²) in [6.45, 7) is 3.67. The van der Waals surface area contributed by atoms with E-state index in [2.05, 4.69) is 5.32 Å². The van der Waals surface area contributed by atoms with Crippen LogP contribution in [0.15, 0.2) is 24.3 Å². The summed E-state index contributed by atoms with van der Waals surface area (Å²) in [6.07, 6.45) is 0.866. The van der Waals surface area contributed by atoms with Crippen molar-refractivity contribution in [1.82, 2.24) is 0 Å². The van der Waals surface area contributed by atoms with Gasteiger partial charge in [-0.05, 0) is 37.6 Å². The Morgan fingerprint density at radius 2 is 2.00 bits per heavy atom. The molecule has 1 rings (SSSR count). The lowest BCUT2D eigenvalue weighted by Crippen LogP contribution is -2.22. The first-order chi connectivity index (χ1) is 7.17. The molecule has 0 radical (unpaired) electrons. The summed E-state index contributed by atoms with van der Waals surface area (Å²) >= 11 is 0. The average Bonchev–Trinajstić information content (AvgIpc) is 2.26. The van der Waals surface area contributed by atoms with E-state index in [1.165, 1.54) is 0 Å². The van der Waals surface area contributed by atoms with Crippen LogP contribution < -0.4 is 5.32 Å². The van der Waals surface area contributed by atoms with Crippen LogP contribution in [-0.4, -0.2) is 23.5 Å². The zero-order valence-corrected chi connectivity index (χ0v) is 9.16. The minimum absolute atomic E-state index is 0.0655. The molecule has 0 spiro atoms. The Kier molecular flexibility index (Phi) is 4.31. The Morgan fingerprint density at radius 3 is 2.40 bits per heavy atom. The smallest absolute Gasteiger partial charge is 0.159 e. The molecule has 0 aromatic heterocycles. The topological polar surface area (TPSA) is 49.3 Å². The molecule has 0 amide bonds. The number of Topliss-reactive ketones (excluding diaryl/α,β-unsaturated/α-hetero) is 1. The fourth-order valence-electron chi connectivity index (χ4n) is 1.31. The van der Waals surface area contributed by atoms with Crippen molar-refractivity contribution in [3.63, 3.8) is 0 Å². The summed E-state index contributed by atoms with van der Waals surface area (Å²) in [7, 11) is 0. The van der Waals surface area contributed by atoms with Gasteiger partial charge in [-0.25, -0.2) is 0 Å². The Labute approximate surface area is 90.1 Å². The first kappa shape index (κ1) is 11.7. The van der Waals surface area contributed by atoms with E-state index in [4.69, 9.17) is 5.11 Å². The summed E-state index contributed by atoms with van der Waals surface area (Å²) in [4.78, 5) is 11.0. The highest BCUT2D eigenvalue weighted by atomic mass is 16.3. The molecule has 0 aliphatic heterocycles. The highest BCUT2D eigenvalue weighted by Crippen LogP contribution is 2.12. The largest absolute Gasteiger partial charge is 0.394 e. The van der Waals surface area contributed by atoms with Gasteiger partial charge in [0.05, 0.1) is 6.61 Å². The molecule has 3 nitrogen and oxygen atoms in total. The number of hydrogen-bond donors (Lipinski definition) is 2. The molecule has 0 saturated carbocycles. The molecular weight excluding hydrogens is 190 g/mol. The number of carbonyl (C=O) groups is 1. The van der Waals surface area contributed by atoms with Gasteiger partial charge in [-0.1, -0.05) is 6.92 Å². The quantitative estimate of drug-likeness (QED) is 0.727. The standard InChI is InChI=1S/C12H17NO2/c1-3-11(8-14)13-12-6-4-10(5-7-12)9(2)15/h4-7,11,13-14H,3,8H2,1-2H3/t11-/m1/s1. The fourth-order valence-corrected chi connectivity index (χ4v) is 1.31. The van der Waals surface area contributed by atoms with Crippen molar-refractivity contribution in [1.29, 1.82) is 0 Å². The average molecular weight is 207 g/mol. The van der Waals surface area contributed by atoms with E-state index in [9.17, 15) is 4.79 Å². The highest BCUT2D eigenvalue weighted by Gasteiger charge is 2.04. The molecule has 3 heteroatoms. The van der Waals surface area contributed by atoms with Crippen molar-refractivity contribution in [2.45, 2.75) is 26.3 Å². The van der Waals surface area contributed by atoms with Crippen LogP contribution in [0.2, 0.25) is 0 Å². The van der Waals surface area contributed by atoms with Crippen LogP contribution in [0.5, 0.6) is 0 Å². The molecule has 0 fully saturated rings. The molecule has 1 atom stereocenters. The molecule has 82 valence electrons. The second-order valence-corrected chi connectivity index (χ2v) is 3.57. The lowest BCUT2D eigenvalue weighted by atomic mass is 10.1. The number of rotatable bonds is 5. The van der Waals surface area contributed by atoms with E-state index in [-0.39, 0.29) is 18.4 Å². The number of benzene rings is 1. The van der Waals surface area contributed by atoms with Crippen molar-refractivity contribution in [3.8, 4) is 0 Å². The molecule has 0 saturated heterocycles. The van der Waals surface area contributed by atoms with Crippen LogP contribution >= 0.6 is 0 Å². The van der Waals surface area contributed by atoms with Crippen LogP contribution in [0.4, 0.5) is 5.69 Å². The number of ketones is 1. The normalized spacial score (nSPS) is 12.2. The van der Waals surface area contributed by atoms with E-state index in [1.54, 1.807) is 19.1 Å². The second-order valence-electron chi connectivity index (χ2n) is 3.57. The van der Waals surface area contributed by atoms with Gasteiger partial charge in [0.2, 0.25) is 0 Å². The highest BCUT2D eigenvalue weighted by molar-refractivity contribution is 5.94. The number of aliphatic hydroxyl groups excluding tert-OH is 1. The van der Waals surface area contributed by atoms with Crippen LogP contribution in [-0.2, 0) is 0 Å². The molecule has 0 aliphatic carbocycles. The predicted molar refractivity (Wildman–Crippen MR) is 61.2 cm³/mol. The minimum atomic E-state index is 0.0655. The van der Waals surface area contributed by atoms with Gasteiger partial charge in [-0.3, -0.25) is 4.79 Å². The Hall–Kier alpha value is -1.35. The van der Waals surface area contributed by atoms with Gasteiger partial charge in [-0.15, -0.1) is 0 Å². The van der Waals surface area contributed by atoms with E-state index in [1.807, 2.05) is 19.1 Å². The number of hydrogen-bond acceptors (Lipinski definition) is 3. The zero-order chi connectivity index (χ0) is 11.3.